The smallest absolute Gasteiger partial charge is 0.414 e. The van der Waals surface area contributed by atoms with Crippen LogP contribution < -0.4 is 10.6 Å². The molecular formula is C29H33F4N5O5Si. The van der Waals surface area contributed by atoms with Crippen LogP contribution in [0.1, 0.15) is 42.9 Å². The maximum atomic E-state index is 15.6. The third-order valence-corrected chi connectivity index (χ3v) is 12.2. The highest BCUT2D eigenvalue weighted by atomic mass is 28.4. The quantitative estimate of drug-likeness (QED) is 0.200. The average Bonchev–Trinajstić information content (AvgIpc) is 3.46. The van der Waals surface area contributed by atoms with Gasteiger partial charge in [-0.25, -0.2) is 14.4 Å². The van der Waals surface area contributed by atoms with Crippen molar-refractivity contribution in [2.24, 2.45) is 0 Å². The number of nitrogens with zero attached hydrogens (tertiary/aromatic N) is 3. The van der Waals surface area contributed by atoms with Gasteiger partial charge < -0.3 is 29.5 Å². The highest BCUT2D eigenvalue weighted by molar-refractivity contribution is 6.74. The summed E-state index contributed by atoms with van der Waals surface area (Å²) in [6, 6.07) is 8.23. The summed E-state index contributed by atoms with van der Waals surface area (Å²) in [5.74, 6) is 2.40. The predicted molar refractivity (Wildman–Crippen MR) is 156 cm³/mol. The molecule has 1 aliphatic rings. The van der Waals surface area contributed by atoms with Gasteiger partial charge >= 0.3 is 12.1 Å². The molecule has 1 fully saturated rings. The molecular weight excluding hydrogens is 602 g/mol. The number of anilines is 1. The number of rotatable bonds is 7. The van der Waals surface area contributed by atoms with Gasteiger partial charge in [0.1, 0.15) is 30.0 Å². The van der Waals surface area contributed by atoms with Gasteiger partial charge in [0.2, 0.25) is 0 Å². The molecule has 1 aromatic carbocycles. The van der Waals surface area contributed by atoms with E-state index in [1.165, 1.54) is 10.8 Å². The second-order valence-corrected chi connectivity index (χ2v) is 16.6. The number of aliphatic hydroxyl groups excluding tert-OH is 1. The average molecular weight is 636 g/mol. The molecule has 2 amide bonds. The van der Waals surface area contributed by atoms with Crippen LogP contribution in [-0.4, -0.2) is 77.5 Å². The fraction of sp³-hybridized carbons (Fsp3) is 0.448. The SMILES string of the molecule is CC(C)(C)[Si](C)(C)OC[C@H]1O[C@@H](n2cc(C#CCNC(=O)C(F)(F)F)c3c(NC(=O)c4ccccc4)ncnc32)[C@H](F)[C@@H]1O. The number of carbonyl (C=O) groups is 2. The number of nitrogens with one attached hydrogen (secondary N) is 2. The summed E-state index contributed by atoms with van der Waals surface area (Å²) >= 11 is 0. The molecule has 1 aliphatic heterocycles. The van der Waals surface area contributed by atoms with E-state index < -0.39 is 57.5 Å². The van der Waals surface area contributed by atoms with Crippen LogP contribution in [-0.2, 0) is 14.0 Å². The third kappa shape index (κ3) is 7.10. The zero-order chi connectivity index (χ0) is 32.4. The molecule has 44 heavy (non-hydrogen) atoms. The number of hydrogen-bond donors (Lipinski definition) is 3. The first kappa shape index (κ1) is 33.1. The minimum absolute atomic E-state index is 0.00186. The molecule has 0 aliphatic carbocycles. The number of ether oxygens (including phenoxy) is 1. The van der Waals surface area contributed by atoms with E-state index in [1.807, 2.05) is 33.9 Å². The van der Waals surface area contributed by atoms with E-state index in [1.54, 1.807) is 35.6 Å². The van der Waals surface area contributed by atoms with Gasteiger partial charge in [0.15, 0.2) is 20.7 Å². The van der Waals surface area contributed by atoms with Gasteiger partial charge in [-0.3, -0.25) is 9.59 Å². The van der Waals surface area contributed by atoms with E-state index in [4.69, 9.17) is 9.16 Å². The van der Waals surface area contributed by atoms with E-state index in [-0.39, 0.29) is 34.1 Å². The lowest BCUT2D eigenvalue weighted by molar-refractivity contribution is -0.173. The van der Waals surface area contributed by atoms with Crippen molar-refractivity contribution in [1.29, 1.82) is 0 Å². The van der Waals surface area contributed by atoms with Crippen molar-refractivity contribution in [3.8, 4) is 11.8 Å². The summed E-state index contributed by atoms with van der Waals surface area (Å²) in [6.45, 7) is 9.47. The number of hydrogen-bond acceptors (Lipinski definition) is 7. The summed E-state index contributed by atoms with van der Waals surface area (Å²) in [5, 5.41) is 15.1. The van der Waals surface area contributed by atoms with Gasteiger partial charge in [-0.2, -0.15) is 13.2 Å². The lowest BCUT2D eigenvalue weighted by Crippen LogP contribution is -2.44. The van der Waals surface area contributed by atoms with Crippen molar-refractivity contribution in [2.45, 2.75) is 69.7 Å². The van der Waals surface area contributed by atoms with Crippen LogP contribution in [0.2, 0.25) is 18.1 Å². The van der Waals surface area contributed by atoms with Crippen molar-refractivity contribution in [1.82, 2.24) is 19.9 Å². The van der Waals surface area contributed by atoms with E-state index >= 15 is 4.39 Å². The van der Waals surface area contributed by atoms with Gasteiger partial charge in [0, 0.05) is 11.8 Å². The number of benzene rings is 1. The van der Waals surface area contributed by atoms with Crippen molar-refractivity contribution in [2.75, 3.05) is 18.5 Å². The lowest BCUT2D eigenvalue weighted by atomic mass is 10.1. The zero-order valence-electron chi connectivity index (χ0n) is 24.7. The topological polar surface area (TPSA) is 128 Å². The Bertz CT molecular complexity index is 1580. The van der Waals surface area contributed by atoms with Crippen LogP contribution in [0.3, 0.4) is 0 Å². The molecule has 0 spiro atoms. The highest BCUT2D eigenvalue weighted by Gasteiger charge is 2.47. The van der Waals surface area contributed by atoms with Gasteiger partial charge in [0.05, 0.1) is 24.1 Å². The van der Waals surface area contributed by atoms with E-state index in [9.17, 15) is 27.9 Å². The van der Waals surface area contributed by atoms with E-state index in [2.05, 4.69) is 27.1 Å². The first-order valence-corrected chi connectivity index (χ1v) is 16.6. The predicted octanol–water partition coefficient (Wildman–Crippen LogP) is 4.33. The molecule has 10 nitrogen and oxygen atoms in total. The summed E-state index contributed by atoms with van der Waals surface area (Å²) in [7, 11) is -2.25. The first-order chi connectivity index (χ1) is 20.5. The van der Waals surface area contributed by atoms with Gasteiger partial charge in [0.25, 0.3) is 5.91 Å². The van der Waals surface area contributed by atoms with Crippen molar-refractivity contribution in [3.63, 3.8) is 0 Å². The van der Waals surface area contributed by atoms with Crippen LogP contribution in [0.4, 0.5) is 23.4 Å². The van der Waals surface area contributed by atoms with Crippen LogP contribution in [0.5, 0.6) is 0 Å². The fourth-order valence-corrected chi connectivity index (χ4v) is 5.19. The Morgan fingerprint density at radius 1 is 1.16 bits per heavy atom. The Morgan fingerprint density at radius 2 is 1.84 bits per heavy atom. The van der Waals surface area contributed by atoms with Crippen molar-refractivity contribution in [3.05, 3.63) is 54.0 Å². The number of halogens is 4. The van der Waals surface area contributed by atoms with E-state index in [0.717, 1.165) is 6.33 Å². The molecule has 3 aromatic rings. The fourth-order valence-electron chi connectivity index (χ4n) is 4.17. The van der Waals surface area contributed by atoms with Crippen LogP contribution >= 0.6 is 0 Å². The monoisotopic (exact) mass is 635 g/mol. The molecule has 0 bridgehead atoms. The normalized spacial score (nSPS) is 20.7. The van der Waals surface area contributed by atoms with E-state index in [0.29, 0.717) is 5.56 Å². The summed E-state index contributed by atoms with van der Waals surface area (Å²) in [6.07, 6.45) is -8.44. The maximum Gasteiger partial charge on any atom is 0.471 e. The molecule has 2 aromatic heterocycles. The Kier molecular flexibility index (Phi) is 9.50. The molecule has 236 valence electrons. The number of carbonyl (C=O) groups excluding carboxylic acids is 2. The second kappa shape index (κ2) is 12.6. The van der Waals surface area contributed by atoms with Crippen LogP contribution in [0.25, 0.3) is 11.0 Å². The third-order valence-electron chi connectivity index (χ3n) is 7.68. The largest absolute Gasteiger partial charge is 0.471 e. The first-order valence-electron chi connectivity index (χ1n) is 13.7. The lowest BCUT2D eigenvalue weighted by Gasteiger charge is -2.37. The Balaban J connectivity index is 1.69. The molecule has 4 atom stereocenters. The molecule has 4 rings (SSSR count). The molecule has 3 heterocycles. The number of aliphatic hydroxyl groups is 1. The Hall–Kier alpha value is -3.84. The van der Waals surface area contributed by atoms with Gasteiger partial charge in [-0.1, -0.05) is 50.8 Å². The van der Waals surface area contributed by atoms with Gasteiger partial charge in [-0.05, 0) is 30.3 Å². The second-order valence-electron chi connectivity index (χ2n) is 11.7. The molecule has 15 heteroatoms. The number of aromatic nitrogens is 3. The molecule has 0 unspecified atom stereocenters. The number of amides is 2. The maximum absolute atomic E-state index is 15.6. The minimum atomic E-state index is -5.08. The van der Waals surface area contributed by atoms with Crippen LogP contribution in [0.15, 0.2) is 42.9 Å². The summed E-state index contributed by atoms with van der Waals surface area (Å²) in [4.78, 5) is 32.5. The molecule has 0 radical (unpaired) electrons. The molecule has 1 saturated heterocycles. The number of fused-ring (bicyclic) bond motifs is 1. The summed E-state index contributed by atoms with van der Waals surface area (Å²) in [5.41, 5.74) is 0.506. The van der Waals surface area contributed by atoms with Gasteiger partial charge in [-0.15, -0.1) is 0 Å². The Morgan fingerprint density at radius 3 is 2.48 bits per heavy atom. The Labute approximate surface area is 252 Å². The highest BCUT2D eigenvalue weighted by Crippen LogP contribution is 2.40. The standard InChI is InChI=1S/C29H33F4N5O5Si/c1-28(2,3)44(4,5)42-15-19-22(39)21(30)26(43-19)38-14-18(12-9-13-34-27(41)29(31,32)33)20-23(35-16-36-24(20)38)37-25(40)17-10-7-6-8-11-17/h6-8,10-11,14,16,19,21-22,26,39H,13,15H2,1-5H3,(H,34,41)(H,35,36,37,40)/t19-,21-,22-,26-/m1/s1. The zero-order valence-corrected chi connectivity index (χ0v) is 25.7. The van der Waals surface area contributed by atoms with Crippen LogP contribution in [0, 0.1) is 11.8 Å². The van der Waals surface area contributed by atoms with Crippen molar-refractivity contribution < 1.29 is 41.4 Å². The molecule has 0 saturated carbocycles. The minimum Gasteiger partial charge on any atom is -0.414 e. The van der Waals surface area contributed by atoms with Crippen molar-refractivity contribution >= 4 is 37.0 Å². The molecule has 3 N–H and O–H groups in total. The number of alkyl halides is 4. The summed E-state index contributed by atoms with van der Waals surface area (Å²) < 4.78 is 66.7.